The van der Waals surface area contributed by atoms with E-state index >= 15 is 0 Å². The summed E-state index contributed by atoms with van der Waals surface area (Å²) in [6, 6.07) is 15.1. The van der Waals surface area contributed by atoms with Gasteiger partial charge in [0, 0.05) is 28.9 Å². The van der Waals surface area contributed by atoms with Crippen molar-refractivity contribution in [3.05, 3.63) is 58.7 Å². The van der Waals surface area contributed by atoms with Gasteiger partial charge in [-0.1, -0.05) is 54.4 Å². The van der Waals surface area contributed by atoms with Crippen LogP contribution in [0.2, 0.25) is 10.2 Å². The molecule has 0 aliphatic rings. The summed E-state index contributed by atoms with van der Waals surface area (Å²) in [6.07, 6.45) is 1.63. The van der Waals surface area contributed by atoms with Crippen molar-refractivity contribution in [1.29, 1.82) is 0 Å². The van der Waals surface area contributed by atoms with Gasteiger partial charge in [0.15, 0.2) is 6.10 Å². The Morgan fingerprint density at radius 1 is 1.17 bits per heavy atom. The lowest BCUT2D eigenvalue weighted by Gasteiger charge is -2.20. The Morgan fingerprint density at radius 2 is 1.90 bits per heavy atom. The molecule has 0 saturated heterocycles. The first-order chi connectivity index (χ1) is 14.4. The number of aromatic nitrogens is 1. The van der Waals surface area contributed by atoms with Crippen molar-refractivity contribution in [2.75, 3.05) is 17.7 Å². The Bertz CT molecular complexity index is 1030. The normalized spacial score (nSPS) is 12.0. The molecule has 0 aliphatic heterocycles. The third kappa shape index (κ3) is 5.60. The molecule has 0 aliphatic carbocycles. The first kappa shape index (κ1) is 22.7. The van der Waals surface area contributed by atoms with Crippen molar-refractivity contribution >= 4 is 62.4 Å². The molecule has 1 atom stereocenters. The summed E-state index contributed by atoms with van der Waals surface area (Å²) in [5.41, 5.74) is 0.926. The quantitative estimate of drug-likeness (QED) is 0.262. The van der Waals surface area contributed by atoms with Gasteiger partial charge < -0.3 is 9.64 Å². The maximum Gasteiger partial charge on any atom is 0.229 e. The summed E-state index contributed by atoms with van der Waals surface area (Å²) in [4.78, 5) is 18.6. The summed E-state index contributed by atoms with van der Waals surface area (Å²) in [6.45, 7) is 3.90. The highest BCUT2D eigenvalue weighted by molar-refractivity contribution is 8.13. The number of pyridine rings is 1. The van der Waals surface area contributed by atoms with E-state index in [2.05, 4.69) is 11.9 Å². The van der Waals surface area contributed by atoms with Crippen LogP contribution in [-0.2, 0) is 4.79 Å². The van der Waals surface area contributed by atoms with E-state index in [0.717, 1.165) is 40.9 Å². The molecular weight excluding hydrogens is 439 g/mol. The molecule has 3 aromatic rings. The van der Waals surface area contributed by atoms with Gasteiger partial charge in [0.2, 0.25) is 5.12 Å². The van der Waals surface area contributed by atoms with E-state index in [4.69, 9.17) is 27.9 Å². The zero-order valence-electron chi connectivity index (χ0n) is 17.2. The molecule has 4 nitrogen and oxygen atoms in total. The number of carbonyl (C=O) groups excluding carboxylic acids is 1. The molecule has 158 valence electrons. The van der Waals surface area contributed by atoms with Gasteiger partial charge in [0.05, 0.1) is 0 Å². The second-order valence-electron chi connectivity index (χ2n) is 6.97. The fourth-order valence-electron chi connectivity index (χ4n) is 2.90. The number of nitrogens with zero attached hydrogens (tertiary/aromatic N) is 2. The molecule has 30 heavy (non-hydrogen) atoms. The number of hydrogen-bond acceptors (Lipinski definition) is 5. The van der Waals surface area contributed by atoms with E-state index < -0.39 is 6.10 Å². The van der Waals surface area contributed by atoms with Crippen LogP contribution in [0.4, 0.5) is 11.5 Å². The summed E-state index contributed by atoms with van der Waals surface area (Å²) in [5.74, 6) is 2.21. The second kappa shape index (κ2) is 10.4. The molecular formula is C23H24Cl2N2O2S. The van der Waals surface area contributed by atoms with Crippen LogP contribution in [0.5, 0.6) is 5.75 Å². The number of benzene rings is 2. The molecule has 0 radical (unpaired) electrons. The third-order valence-corrected chi connectivity index (χ3v) is 6.32. The highest BCUT2D eigenvalue weighted by Crippen LogP contribution is 2.31. The van der Waals surface area contributed by atoms with E-state index in [9.17, 15) is 4.79 Å². The molecule has 1 heterocycles. The van der Waals surface area contributed by atoms with Crippen LogP contribution < -0.4 is 9.64 Å². The van der Waals surface area contributed by atoms with Gasteiger partial charge in [-0.05, 0) is 61.2 Å². The minimum atomic E-state index is -0.483. The maximum atomic E-state index is 12.1. The van der Waals surface area contributed by atoms with E-state index in [-0.39, 0.29) is 5.12 Å². The summed E-state index contributed by atoms with van der Waals surface area (Å²) < 4.78 is 5.80. The Labute approximate surface area is 191 Å². The molecule has 1 aromatic heterocycles. The number of thioether (sulfide) groups is 1. The second-order valence-corrected chi connectivity index (χ2v) is 8.86. The van der Waals surface area contributed by atoms with Gasteiger partial charge in [-0.25, -0.2) is 4.98 Å². The van der Waals surface area contributed by atoms with Crippen LogP contribution in [0.25, 0.3) is 10.8 Å². The van der Waals surface area contributed by atoms with Crippen LogP contribution in [0.3, 0.4) is 0 Å². The molecule has 1 unspecified atom stereocenters. The van der Waals surface area contributed by atoms with Gasteiger partial charge in [0.25, 0.3) is 0 Å². The number of fused-ring (bicyclic) bond motifs is 1. The van der Waals surface area contributed by atoms with Gasteiger partial charge in [-0.2, -0.15) is 0 Å². The van der Waals surface area contributed by atoms with Crippen molar-refractivity contribution in [3.8, 4) is 5.75 Å². The average Bonchev–Trinajstić information content (AvgIpc) is 2.74. The topological polar surface area (TPSA) is 42.4 Å². The predicted octanol–water partition coefficient (Wildman–Crippen LogP) is 7.14. The van der Waals surface area contributed by atoms with Crippen LogP contribution in [0, 0.1) is 0 Å². The number of hydrogen-bond donors (Lipinski definition) is 0. The zero-order chi connectivity index (χ0) is 21.7. The molecule has 0 fully saturated rings. The molecule has 7 heteroatoms. The molecule has 0 spiro atoms. The van der Waals surface area contributed by atoms with Crippen LogP contribution >= 0.6 is 35.0 Å². The number of rotatable bonds is 8. The standard InChI is InChI=1S/C23H24Cl2N2O2S/c1-4-5-12-30-23(28)15(2)29-19-10-8-18(9-11-19)27(3)21-13-16-6-7-17(24)14-20(16)22(25)26-21/h6-11,13-15H,4-5,12H2,1-3H3. The van der Waals surface area contributed by atoms with Crippen molar-refractivity contribution in [3.63, 3.8) is 0 Å². The highest BCUT2D eigenvalue weighted by atomic mass is 35.5. The Morgan fingerprint density at radius 3 is 2.60 bits per heavy atom. The molecule has 2 aromatic carbocycles. The molecule has 3 rings (SSSR count). The minimum absolute atomic E-state index is 0.0553. The average molecular weight is 463 g/mol. The van der Waals surface area contributed by atoms with Crippen molar-refractivity contribution < 1.29 is 9.53 Å². The van der Waals surface area contributed by atoms with Crippen molar-refractivity contribution in [2.45, 2.75) is 32.8 Å². The molecule has 0 N–H and O–H groups in total. The summed E-state index contributed by atoms with van der Waals surface area (Å²) in [5, 5.41) is 2.87. The Kier molecular flexibility index (Phi) is 7.87. The maximum absolute atomic E-state index is 12.1. The van der Waals surface area contributed by atoms with E-state index in [1.54, 1.807) is 6.92 Å². The number of halogens is 2. The van der Waals surface area contributed by atoms with Crippen LogP contribution in [-0.4, -0.2) is 29.0 Å². The molecule has 0 amide bonds. The van der Waals surface area contributed by atoms with E-state index in [1.807, 2.05) is 60.5 Å². The number of carbonyl (C=O) groups is 1. The lowest BCUT2D eigenvalue weighted by molar-refractivity contribution is -0.116. The molecule has 0 bridgehead atoms. The van der Waals surface area contributed by atoms with Crippen molar-refractivity contribution in [1.82, 2.24) is 4.98 Å². The molecule has 0 saturated carbocycles. The fraction of sp³-hybridized carbons (Fsp3) is 0.304. The number of anilines is 2. The van der Waals surface area contributed by atoms with Gasteiger partial charge >= 0.3 is 0 Å². The van der Waals surface area contributed by atoms with Crippen LogP contribution in [0.15, 0.2) is 48.5 Å². The van der Waals surface area contributed by atoms with Gasteiger partial charge in [-0.3, -0.25) is 4.79 Å². The minimum Gasteiger partial charge on any atom is -0.482 e. The fourth-order valence-corrected chi connectivity index (χ4v) is 4.24. The Hall–Kier alpha value is -1.95. The first-order valence-electron chi connectivity index (χ1n) is 9.82. The SMILES string of the molecule is CCCCSC(=O)C(C)Oc1ccc(N(C)c2cc3ccc(Cl)cc3c(Cl)n2)cc1. The zero-order valence-corrected chi connectivity index (χ0v) is 19.5. The largest absolute Gasteiger partial charge is 0.482 e. The third-order valence-electron chi connectivity index (χ3n) is 4.69. The van der Waals surface area contributed by atoms with Gasteiger partial charge in [-0.15, -0.1) is 0 Å². The van der Waals surface area contributed by atoms with E-state index in [0.29, 0.717) is 15.9 Å². The first-order valence-corrected chi connectivity index (χ1v) is 11.6. The number of ether oxygens (including phenoxy) is 1. The van der Waals surface area contributed by atoms with Crippen LogP contribution in [0.1, 0.15) is 26.7 Å². The summed E-state index contributed by atoms with van der Waals surface area (Å²) >= 11 is 13.8. The van der Waals surface area contributed by atoms with Crippen molar-refractivity contribution in [2.24, 2.45) is 0 Å². The number of unbranched alkanes of at least 4 members (excludes halogenated alkanes) is 1. The monoisotopic (exact) mass is 462 g/mol. The predicted molar refractivity (Wildman–Crippen MR) is 129 cm³/mol. The van der Waals surface area contributed by atoms with E-state index in [1.165, 1.54) is 11.8 Å². The smallest absolute Gasteiger partial charge is 0.229 e. The lowest BCUT2D eigenvalue weighted by Crippen LogP contribution is -2.21. The van der Waals surface area contributed by atoms with Gasteiger partial charge in [0.1, 0.15) is 16.7 Å². The highest BCUT2D eigenvalue weighted by Gasteiger charge is 2.15. The summed E-state index contributed by atoms with van der Waals surface area (Å²) in [7, 11) is 1.92. The Balaban J connectivity index is 1.70. The lowest BCUT2D eigenvalue weighted by atomic mass is 10.1.